The monoisotopic (exact) mass is 369 g/mol. The van der Waals surface area contributed by atoms with Crippen molar-refractivity contribution in [1.29, 1.82) is 0 Å². The molecule has 19 heavy (non-hydrogen) atoms. The van der Waals surface area contributed by atoms with Crippen LogP contribution in [-0.2, 0) is 0 Å². The summed E-state index contributed by atoms with van der Waals surface area (Å²) >= 11 is 2.10. The molecule has 1 heterocycles. The fourth-order valence-corrected chi connectivity index (χ4v) is 1.72. The Hall–Kier alpha value is -2.03. The summed E-state index contributed by atoms with van der Waals surface area (Å²) in [6.45, 7) is 0. The Kier molecular flexibility index (Phi) is 4.05. The molecule has 0 spiro atoms. The molecule has 0 aliphatic heterocycles. The van der Waals surface area contributed by atoms with Gasteiger partial charge < -0.3 is 5.32 Å². The summed E-state index contributed by atoms with van der Waals surface area (Å²) in [6.07, 6.45) is 1.61. The lowest BCUT2D eigenvalue weighted by atomic mass is 10.2. The normalized spacial score (nSPS) is 9.95. The molecule has 2 aromatic rings. The SMILES string of the molecule is O=C(Nc1ccc(I)cn1)c1cccc([N+](=O)[O-])c1. The van der Waals surface area contributed by atoms with E-state index in [2.05, 4.69) is 32.9 Å². The van der Waals surface area contributed by atoms with Crippen LogP contribution in [-0.4, -0.2) is 15.8 Å². The summed E-state index contributed by atoms with van der Waals surface area (Å²) in [4.78, 5) is 26.0. The zero-order valence-electron chi connectivity index (χ0n) is 9.54. The molecule has 0 saturated carbocycles. The number of anilines is 1. The van der Waals surface area contributed by atoms with E-state index in [1.165, 1.54) is 24.3 Å². The van der Waals surface area contributed by atoms with Crippen LogP contribution < -0.4 is 5.32 Å². The molecule has 2 rings (SSSR count). The van der Waals surface area contributed by atoms with Gasteiger partial charge in [-0.05, 0) is 40.8 Å². The maximum atomic E-state index is 11.9. The van der Waals surface area contributed by atoms with Crippen LogP contribution in [0.15, 0.2) is 42.6 Å². The number of aromatic nitrogens is 1. The average molecular weight is 369 g/mol. The number of nitrogens with one attached hydrogen (secondary N) is 1. The Morgan fingerprint density at radius 2 is 2.11 bits per heavy atom. The van der Waals surface area contributed by atoms with Crippen LogP contribution in [0.1, 0.15) is 10.4 Å². The minimum Gasteiger partial charge on any atom is -0.307 e. The number of nitro benzene ring substituents is 1. The molecule has 0 atom stereocenters. The molecule has 7 heteroatoms. The molecule has 0 aliphatic carbocycles. The first-order valence-electron chi connectivity index (χ1n) is 5.23. The summed E-state index contributed by atoms with van der Waals surface area (Å²) in [5, 5.41) is 13.2. The molecular formula is C12H8IN3O3. The summed E-state index contributed by atoms with van der Waals surface area (Å²) in [5.41, 5.74) is 0.0952. The number of hydrogen-bond acceptors (Lipinski definition) is 4. The predicted molar refractivity (Wildman–Crippen MR) is 78.0 cm³/mol. The maximum Gasteiger partial charge on any atom is 0.270 e. The van der Waals surface area contributed by atoms with Gasteiger partial charge in [-0.1, -0.05) is 6.07 Å². The Labute approximate surface area is 122 Å². The second-order valence-corrected chi connectivity index (χ2v) is 4.87. The average Bonchev–Trinajstić information content (AvgIpc) is 2.41. The maximum absolute atomic E-state index is 11.9. The van der Waals surface area contributed by atoms with Gasteiger partial charge in [0, 0.05) is 27.5 Å². The van der Waals surface area contributed by atoms with E-state index in [0.717, 1.165) is 3.57 Å². The highest BCUT2D eigenvalue weighted by Gasteiger charge is 2.11. The number of amides is 1. The lowest BCUT2D eigenvalue weighted by molar-refractivity contribution is -0.384. The summed E-state index contributed by atoms with van der Waals surface area (Å²) in [6, 6.07) is 9.00. The summed E-state index contributed by atoms with van der Waals surface area (Å²) in [7, 11) is 0. The number of carbonyl (C=O) groups is 1. The number of rotatable bonds is 3. The van der Waals surface area contributed by atoms with E-state index in [-0.39, 0.29) is 11.3 Å². The number of nitrogens with zero attached hydrogens (tertiary/aromatic N) is 2. The third-order valence-electron chi connectivity index (χ3n) is 2.29. The molecule has 1 N–H and O–H groups in total. The van der Waals surface area contributed by atoms with Gasteiger partial charge in [-0.25, -0.2) is 4.98 Å². The molecular weight excluding hydrogens is 361 g/mol. The van der Waals surface area contributed by atoms with Crippen molar-refractivity contribution in [3.8, 4) is 0 Å². The topological polar surface area (TPSA) is 85.1 Å². The standard InChI is InChI=1S/C12H8IN3O3/c13-9-4-5-11(14-7-9)15-12(17)8-2-1-3-10(6-8)16(18)19/h1-7H,(H,14,15,17). The lowest BCUT2D eigenvalue weighted by Crippen LogP contribution is -2.13. The Morgan fingerprint density at radius 3 is 2.74 bits per heavy atom. The lowest BCUT2D eigenvalue weighted by Gasteiger charge is -2.04. The molecule has 96 valence electrons. The van der Waals surface area contributed by atoms with Crippen molar-refractivity contribution in [2.75, 3.05) is 5.32 Å². The number of pyridine rings is 1. The van der Waals surface area contributed by atoms with Crippen molar-refractivity contribution < 1.29 is 9.72 Å². The van der Waals surface area contributed by atoms with Crippen LogP contribution in [0.2, 0.25) is 0 Å². The highest BCUT2D eigenvalue weighted by Crippen LogP contribution is 2.14. The minimum atomic E-state index is -0.542. The van der Waals surface area contributed by atoms with Gasteiger partial charge in [0.25, 0.3) is 11.6 Å². The molecule has 0 aliphatic rings. The van der Waals surface area contributed by atoms with Gasteiger partial charge in [0.15, 0.2) is 0 Å². The zero-order valence-corrected chi connectivity index (χ0v) is 11.7. The van der Waals surface area contributed by atoms with Crippen molar-refractivity contribution in [2.45, 2.75) is 0 Å². The quantitative estimate of drug-likeness (QED) is 0.512. The van der Waals surface area contributed by atoms with Crippen molar-refractivity contribution in [3.05, 3.63) is 61.8 Å². The Morgan fingerprint density at radius 1 is 1.32 bits per heavy atom. The molecule has 0 radical (unpaired) electrons. The van der Waals surface area contributed by atoms with E-state index < -0.39 is 10.8 Å². The molecule has 1 aromatic carbocycles. The number of hydrogen-bond donors (Lipinski definition) is 1. The smallest absolute Gasteiger partial charge is 0.270 e. The van der Waals surface area contributed by atoms with E-state index in [1.54, 1.807) is 18.3 Å². The van der Waals surface area contributed by atoms with Gasteiger partial charge >= 0.3 is 0 Å². The molecule has 1 amide bonds. The first-order chi connectivity index (χ1) is 9.06. The fraction of sp³-hybridized carbons (Fsp3) is 0. The molecule has 0 bridgehead atoms. The first kappa shape index (κ1) is 13.4. The molecule has 6 nitrogen and oxygen atoms in total. The van der Waals surface area contributed by atoms with Crippen molar-refractivity contribution >= 4 is 40.0 Å². The molecule has 0 unspecified atom stereocenters. The number of benzene rings is 1. The first-order valence-corrected chi connectivity index (χ1v) is 6.31. The fourth-order valence-electron chi connectivity index (χ4n) is 1.40. The van der Waals surface area contributed by atoms with Crippen molar-refractivity contribution in [3.63, 3.8) is 0 Å². The van der Waals surface area contributed by atoms with Gasteiger partial charge in [-0.3, -0.25) is 14.9 Å². The number of halogens is 1. The van der Waals surface area contributed by atoms with Crippen LogP contribution in [0.4, 0.5) is 11.5 Å². The van der Waals surface area contributed by atoms with Crippen LogP contribution in [0, 0.1) is 13.7 Å². The van der Waals surface area contributed by atoms with Crippen molar-refractivity contribution in [2.24, 2.45) is 0 Å². The summed E-state index contributed by atoms with van der Waals surface area (Å²) < 4.78 is 0.950. The van der Waals surface area contributed by atoms with Gasteiger partial charge in [0.1, 0.15) is 5.82 Å². The van der Waals surface area contributed by atoms with E-state index >= 15 is 0 Å². The molecule has 1 aromatic heterocycles. The van der Waals surface area contributed by atoms with E-state index in [1.807, 2.05) is 0 Å². The largest absolute Gasteiger partial charge is 0.307 e. The van der Waals surface area contributed by atoms with E-state index in [4.69, 9.17) is 0 Å². The van der Waals surface area contributed by atoms with Gasteiger partial charge in [0.05, 0.1) is 4.92 Å². The zero-order chi connectivity index (χ0) is 13.8. The van der Waals surface area contributed by atoms with Gasteiger partial charge in [-0.15, -0.1) is 0 Å². The molecule has 0 fully saturated rings. The van der Waals surface area contributed by atoms with Crippen LogP contribution in [0.5, 0.6) is 0 Å². The summed E-state index contributed by atoms with van der Waals surface area (Å²) in [5.74, 6) is -0.0330. The highest BCUT2D eigenvalue weighted by molar-refractivity contribution is 14.1. The van der Waals surface area contributed by atoms with Gasteiger partial charge in [0.2, 0.25) is 0 Å². The van der Waals surface area contributed by atoms with Crippen LogP contribution in [0.25, 0.3) is 0 Å². The van der Waals surface area contributed by atoms with E-state index in [9.17, 15) is 14.9 Å². The highest BCUT2D eigenvalue weighted by atomic mass is 127. The Balaban J connectivity index is 2.18. The van der Waals surface area contributed by atoms with E-state index in [0.29, 0.717) is 5.82 Å². The second-order valence-electron chi connectivity index (χ2n) is 3.62. The second kappa shape index (κ2) is 5.74. The van der Waals surface area contributed by atoms with Crippen LogP contribution in [0.3, 0.4) is 0 Å². The minimum absolute atomic E-state index is 0.122. The predicted octanol–water partition coefficient (Wildman–Crippen LogP) is 2.85. The number of nitro groups is 1. The third-order valence-corrected chi connectivity index (χ3v) is 2.93. The van der Waals surface area contributed by atoms with Crippen molar-refractivity contribution in [1.82, 2.24) is 4.98 Å². The third kappa shape index (κ3) is 3.47. The van der Waals surface area contributed by atoms with Gasteiger partial charge in [-0.2, -0.15) is 0 Å². The number of non-ortho nitro benzene ring substituents is 1. The Bertz CT molecular complexity index is 628. The molecule has 0 saturated heterocycles. The van der Waals surface area contributed by atoms with Crippen LogP contribution >= 0.6 is 22.6 Å². The number of carbonyl (C=O) groups excluding carboxylic acids is 1.